The molecule has 0 spiro atoms. The van der Waals surface area contributed by atoms with Crippen molar-refractivity contribution in [3.8, 4) is 0 Å². The first-order valence-electron chi connectivity index (χ1n) is 6.82. The summed E-state index contributed by atoms with van der Waals surface area (Å²) in [6.07, 6.45) is 3.49. The number of hydrogen-bond donors (Lipinski definition) is 0. The molecule has 0 aliphatic carbocycles. The molecule has 2 heterocycles. The van der Waals surface area contributed by atoms with Gasteiger partial charge in [-0.15, -0.1) is 0 Å². The molecule has 0 N–H and O–H groups in total. The Bertz CT molecular complexity index is 785. The van der Waals surface area contributed by atoms with Gasteiger partial charge in [-0.3, -0.25) is 14.7 Å². The standard InChI is InChI=1S/C17H14N2OS2/c1-11-6-7-14(12(2)9-11)19-16(20)15(22-17(19)21)10-13-5-3-4-8-18-13/h3-10H,1-2H3/b15-10+. The fourth-order valence-corrected chi connectivity index (χ4v) is 3.60. The second-order valence-electron chi connectivity index (χ2n) is 5.06. The van der Waals surface area contributed by atoms with Gasteiger partial charge in [0, 0.05) is 6.20 Å². The molecule has 110 valence electrons. The van der Waals surface area contributed by atoms with E-state index in [-0.39, 0.29) is 5.91 Å². The normalized spacial score (nSPS) is 16.6. The fraction of sp³-hybridized carbons (Fsp3) is 0.118. The van der Waals surface area contributed by atoms with E-state index in [1.165, 1.54) is 11.8 Å². The maximum atomic E-state index is 12.7. The van der Waals surface area contributed by atoms with Crippen LogP contribution in [0.15, 0.2) is 47.5 Å². The van der Waals surface area contributed by atoms with Gasteiger partial charge in [0.1, 0.15) is 0 Å². The zero-order chi connectivity index (χ0) is 15.7. The third kappa shape index (κ3) is 2.82. The number of carbonyl (C=O) groups is 1. The van der Waals surface area contributed by atoms with Crippen molar-refractivity contribution >= 4 is 46.0 Å². The van der Waals surface area contributed by atoms with Crippen molar-refractivity contribution in [3.63, 3.8) is 0 Å². The number of hydrogen-bond acceptors (Lipinski definition) is 4. The lowest BCUT2D eigenvalue weighted by atomic mass is 10.1. The highest BCUT2D eigenvalue weighted by Gasteiger charge is 2.34. The molecule has 2 aromatic rings. The van der Waals surface area contributed by atoms with Crippen molar-refractivity contribution in [1.82, 2.24) is 4.98 Å². The molecule has 1 amide bonds. The minimum atomic E-state index is -0.0902. The number of rotatable bonds is 2. The molecule has 1 aliphatic heterocycles. The Kier molecular flexibility index (Phi) is 4.09. The van der Waals surface area contributed by atoms with Gasteiger partial charge in [-0.2, -0.15) is 0 Å². The Balaban J connectivity index is 1.97. The van der Waals surface area contributed by atoms with E-state index in [9.17, 15) is 4.79 Å². The molecule has 1 aliphatic rings. The van der Waals surface area contributed by atoms with Crippen LogP contribution in [-0.4, -0.2) is 15.2 Å². The van der Waals surface area contributed by atoms with Gasteiger partial charge in [-0.25, -0.2) is 0 Å². The Morgan fingerprint density at radius 3 is 2.73 bits per heavy atom. The molecule has 0 bridgehead atoms. The summed E-state index contributed by atoms with van der Waals surface area (Å²) in [6.45, 7) is 4.02. The molecule has 1 fully saturated rings. The molecular formula is C17H14N2OS2. The van der Waals surface area contributed by atoms with Gasteiger partial charge in [0.2, 0.25) is 0 Å². The monoisotopic (exact) mass is 326 g/mol. The molecule has 0 radical (unpaired) electrons. The molecular weight excluding hydrogens is 312 g/mol. The van der Waals surface area contributed by atoms with Gasteiger partial charge in [-0.05, 0) is 43.7 Å². The molecule has 0 atom stereocenters. The third-order valence-electron chi connectivity index (χ3n) is 3.35. The summed E-state index contributed by atoms with van der Waals surface area (Å²) in [7, 11) is 0. The van der Waals surface area contributed by atoms with Crippen LogP contribution in [0.4, 0.5) is 5.69 Å². The van der Waals surface area contributed by atoms with Gasteiger partial charge in [0.25, 0.3) is 5.91 Å². The van der Waals surface area contributed by atoms with Gasteiger partial charge in [0.05, 0.1) is 16.3 Å². The summed E-state index contributed by atoms with van der Waals surface area (Å²) in [5.41, 5.74) is 3.80. The van der Waals surface area contributed by atoms with E-state index in [2.05, 4.69) is 11.1 Å². The first-order valence-corrected chi connectivity index (χ1v) is 8.05. The van der Waals surface area contributed by atoms with E-state index in [1.54, 1.807) is 17.2 Å². The fourth-order valence-electron chi connectivity index (χ4n) is 2.33. The zero-order valence-corrected chi connectivity index (χ0v) is 13.9. The van der Waals surface area contributed by atoms with Gasteiger partial charge in [-0.1, -0.05) is 47.7 Å². The highest BCUT2D eigenvalue weighted by atomic mass is 32.2. The molecule has 5 heteroatoms. The Morgan fingerprint density at radius 2 is 2.05 bits per heavy atom. The first-order chi connectivity index (χ1) is 10.6. The lowest BCUT2D eigenvalue weighted by molar-refractivity contribution is -0.113. The van der Waals surface area contributed by atoms with Crippen LogP contribution in [-0.2, 0) is 4.79 Å². The number of carbonyl (C=O) groups excluding carboxylic acids is 1. The van der Waals surface area contributed by atoms with Crippen LogP contribution in [0.2, 0.25) is 0 Å². The summed E-state index contributed by atoms with van der Waals surface area (Å²) >= 11 is 6.71. The van der Waals surface area contributed by atoms with Gasteiger partial charge < -0.3 is 0 Å². The van der Waals surface area contributed by atoms with Crippen LogP contribution < -0.4 is 4.90 Å². The number of pyridine rings is 1. The van der Waals surface area contributed by atoms with Crippen LogP contribution in [0.5, 0.6) is 0 Å². The van der Waals surface area contributed by atoms with Gasteiger partial charge >= 0.3 is 0 Å². The maximum Gasteiger partial charge on any atom is 0.270 e. The number of aryl methyl sites for hydroxylation is 2. The Hall–Kier alpha value is -1.98. The summed E-state index contributed by atoms with van der Waals surface area (Å²) in [5, 5.41) is 0. The number of anilines is 1. The molecule has 1 saturated heterocycles. The van der Waals surface area contributed by atoms with Crippen LogP contribution in [0.25, 0.3) is 6.08 Å². The smallest absolute Gasteiger partial charge is 0.268 e. The van der Waals surface area contributed by atoms with Crippen molar-refractivity contribution in [2.24, 2.45) is 0 Å². The lowest BCUT2D eigenvalue weighted by Gasteiger charge is -2.17. The van der Waals surface area contributed by atoms with Crippen molar-refractivity contribution < 1.29 is 4.79 Å². The van der Waals surface area contributed by atoms with E-state index >= 15 is 0 Å². The van der Waals surface area contributed by atoms with Crippen LogP contribution >= 0.6 is 24.0 Å². The molecule has 0 unspecified atom stereocenters. The average molecular weight is 326 g/mol. The van der Waals surface area contributed by atoms with Crippen molar-refractivity contribution in [2.75, 3.05) is 4.90 Å². The minimum absolute atomic E-state index is 0.0902. The minimum Gasteiger partial charge on any atom is -0.268 e. The summed E-state index contributed by atoms with van der Waals surface area (Å²) < 4.78 is 0.555. The number of thiocarbonyl (C=S) groups is 1. The van der Waals surface area contributed by atoms with E-state index in [4.69, 9.17) is 12.2 Å². The van der Waals surface area contributed by atoms with Crippen molar-refractivity contribution in [2.45, 2.75) is 13.8 Å². The lowest BCUT2D eigenvalue weighted by Crippen LogP contribution is -2.28. The predicted octanol–water partition coefficient (Wildman–Crippen LogP) is 4.10. The summed E-state index contributed by atoms with van der Waals surface area (Å²) in [6, 6.07) is 11.6. The molecule has 1 aromatic carbocycles. The second kappa shape index (κ2) is 6.02. The average Bonchev–Trinajstić information content (AvgIpc) is 2.75. The Labute approximate surface area is 139 Å². The van der Waals surface area contributed by atoms with E-state index in [1.807, 2.05) is 44.2 Å². The van der Waals surface area contributed by atoms with Crippen molar-refractivity contribution in [1.29, 1.82) is 0 Å². The quantitative estimate of drug-likeness (QED) is 0.614. The Morgan fingerprint density at radius 1 is 1.23 bits per heavy atom. The number of aromatic nitrogens is 1. The highest BCUT2D eigenvalue weighted by Crippen LogP contribution is 2.37. The molecule has 22 heavy (non-hydrogen) atoms. The summed E-state index contributed by atoms with van der Waals surface area (Å²) in [4.78, 5) is 19.1. The largest absolute Gasteiger partial charge is 0.270 e. The third-order valence-corrected chi connectivity index (χ3v) is 4.66. The predicted molar refractivity (Wildman–Crippen MR) is 95.8 cm³/mol. The summed E-state index contributed by atoms with van der Waals surface area (Å²) in [5.74, 6) is -0.0902. The first kappa shape index (κ1) is 14.9. The zero-order valence-electron chi connectivity index (χ0n) is 12.2. The number of thioether (sulfide) groups is 1. The van der Waals surface area contributed by atoms with Crippen molar-refractivity contribution in [3.05, 3.63) is 64.3 Å². The maximum absolute atomic E-state index is 12.7. The molecule has 3 rings (SSSR count). The molecule has 0 saturated carbocycles. The molecule has 1 aromatic heterocycles. The van der Waals surface area contributed by atoms with Crippen LogP contribution in [0.1, 0.15) is 16.8 Å². The number of nitrogens with zero attached hydrogens (tertiary/aromatic N) is 2. The van der Waals surface area contributed by atoms with E-state index < -0.39 is 0 Å². The second-order valence-corrected chi connectivity index (χ2v) is 6.74. The highest BCUT2D eigenvalue weighted by molar-refractivity contribution is 8.27. The van der Waals surface area contributed by atoms with Gasteiger partial charge in [0.15, 0.2) is 4.32 Å². The molecule has 3 nitrogen and oxygen atoms in total. The van der Waals surface area contributed by atoms with Crippen LogP contribution in [0, 0.1) is 13.8 Å². The topological polar surface area (TPSA) is 33.2 Å². The number of amides is 1. The van der Waals surface area contributed by atoms with E-state index in [0.29, 0.717) is 9.23 Å². The number of benzene rings is 1. The SMILES string of the molecule is Cc1ccc(N2C(=O)/C(=C\c3ccccn3)SC2=S)c(C)c1. The van der Waals surface area contributed by atoms with E-state index in [0.717, 1.165) is 22.5 Å². The van der Waals surface area contributed by atoms with Crippen LogP contribution in [0.3, 0.4) is 0 Å².